The van der Waals surface area contributed by atoms with Crippen LogP contribution in [0.1, 0.15) is 202 Å². The summed E-state index contributed by atoms with van der Waals surface area (Å²) >= 11 is 0.569. The van der Waals surface area contributed by atoms with E-state index in [2.05, 4.69) is 77.9 Å². The van der Waals surface area contributed by atoms with Gasteiger partial charge in [0.05, 0.1) is 0 Å². The summed E-state index contributed by atoms with van der Waals surface area (Å²) in [6, 6.07) is 14.1. The van der Waals surface area contributed by atoms with Crippen LogP contribution in [0.5, 0.6) is 0 Å². The van der Waals surface area contributed by atoms with Gasteiger partial charge in [0.25, 0.3) is 0 Å². The molecule has 0 aliphatic carbocycles. The molecule has 0 spiro atoms. The van der Waals surface area contributed by atoms with Gasteiger partial charge in [-0.1, -0.05) is 154 Å². The molecule has 2 nitrogen and oxygen atoms in total. The topological polar surface area (TPSA) is 25.3 Å². The Hall–Kier alpha value is -1.41. The number of benzene rings is 2. The molecule has 1 aliphatic heterocycles. The predicted molar refractivity (Wildman–Crippen MR) is 223 cm³/mol. The average molecular weight is 783 g/mol. The second-order valence-electron chi connectivity index (χ2n) is 15.1. The van der Waals surface area contributed by atoms with Crippen LogP contribution in [-0.4, -0.2) is 4.70 Å². The zero-order valence-electron chi connectivity index (χ0n) is 33.4. The Bertz CT molecular complexity index is 1300. The number of aryl methyl sites for hydroxylation is 4. The molecule has 1 aliphatic rings. The number of allylic oxidation sites excluding steroid dienone is 2. The van der Waals surface area contributed by atoms with Gasteiger partial charge in [-0.15, -0.1) is 0 Å². The third-order valence-electron chi connectivity index (χ3n) is 10.4. The first-order valence-corrected chi connectivity index (χ1v) is 23.6. The Balaban J connectivity index is 0.00000290. The molecule has 0 aromatic heterocycles. The third-order valence-corrected chi connectivity index (χ3v) is 10.4. The molecule has 0 N–H and O–H groups in total. The summed E-state index contributed by atoms with van der Waals surface area (Å²) in [5, 5.41) is 0. The van der Waals surface area contributed by atoms with E-state index >= 15 is 0 Å². The zero-order valence-corrected chi connectivity index (χ0v) is 35.9. The van der Waals surface area contributed by atoms with Crippen LogP contribution in [0.2, 0.25) is 0 Å². The molecule has 0 unspecified atom stereocenters. The van der Waals surface area contributed by atoms with Gasteiger partial charge < -0.3 is 5.53 Å². The van der Waals surface area contributed by atoms with Gasteiger partial charge in [0.15, 0.2) is 0 Å². The van der Waals surface area contributed by atoms with Crippen molar-refractivity contribution in [1.82, 2.24) is 0 Å². The van der Waals surface area contributed by atoms with Crippen LogP contribution in [0.15, 0.2) is 47.5 Å². The Morgan fingerprint density at radius 2 is 0.784 bits per heavy atom. The summed E-state index contributed by atoms with van der Waals surface area (Å²) in [4.78, 5) is 0. The molecule has 2 aromatic carbocycles. The average Bonchev–Trinajstić information content (AvgIpc) is 3.38. The van der Waals surface area contributed by atoms with E-state index in [0.29, 0.717) is 12.7 Å². The molecule has 0 saturated carbocycles. The number of nitrogens with zero attached hydrogens (tertiary/aromatic N) is 2. The van der Waals surface area contributed by atoms with Crippen LogP contribution in [-0.2, 0) is 25.5 Å². The number of hydrogen-bond donors (Lipinski definition) is 0. The van der Waals surface area contributed by atoms with Gasteiger partial charge in [-0.2, -0.15) is 0 Å². The predicted octanol–water partition coefficient (Wildman–Crippen LogP) is 16.6. The standard InChI is InChI=1S/C46H72N2.2ClH.Ni/c1-7-11-15-16-17-18-19-20-21-22-23-26-30-44-43(29-14-10-4)45(41-32-37(5)31-38(6)33-41)48(47)46(44)42-35-39(27-24-12-8-2)34-40(36-42)28-25-13-9-3;;;/h31-36H,7-30H2,1-6H3;2*1H;/q;;;+2/p-2. The van der Waals surface area contributed by atoms with E-state index in [1.807, 2.05) is 0 Å². The minimum absolute atomic E-state index is 0.569. The fraction of sp³-hybridized carbons (Fsp3) is 0.652. The van der Waals surface area contributed by atoms with Crippen LogP contribution < -0.4 is 0 Å². The van der Waals surface area contributed by atoms with Gasteiger partial charge >= 0.3 is 33.0 Å². The molecule has 290 valence electrons. The van der Waals surface area contributed by atoms with Crippen LogP contribution in [0.3, 0.4) is 0 Å². The van der Waals surface area contributed by atoms with Gasteiger partial charge in [-0.25, -0.2) is 4.70 Å². The summed E-state index contributed by atoms with van der Waals surface area (Å²) in [5.74, 6) is 0. The van der Waals surface area contributed by atoms with E-state index in [0.717, 1.165) is 55.5 Å². The zero-order chi connectivity index (χ0) is 37.3. The third kappa shape index (κ3) is 17.1. The molecule has 0 amide bonds. The SMILES string of the molecule is CCCCCCCCCCCCCCC1=C(c2cc(CCCCC)cc(CCCCC)c2)[N+](=[N-])C(c2cc(C)cc(C)c2)=C1CCCC.[Cl][Ni][Cl]. The molecule has 51 heavy (non-hydrogen) atoms. The van der Waals surface area contributed by atoms with E-state index in [4.69, 9.17) is 20.4 Å². The van der Waals surface area contributed by atoms with Crippen molar-refractivity contribution in [3.63, 3.8) is 0 Å². The van der Waals surface area contributed by atoms with E-state index < -0.39 is 0 Å². The molecule has 0 saturated heterocycles. The Labute approximate surface area is 329 Å². The van der Waals surface area contributed by atoms with Crippen molar-refractivity contribution >= 4 is 31.8 Å². The first kappa shape index (κ1) is 45.8. The second kappa shape index (κ2) is 28.1. The van der Waals surface area contributed by atoms with Crippen LogP contribution in [0, 0.1) is 13.8 Å². The monoisotopic (exact) mass is 780 g/mol. The van der Waals surface area contributed by atoms with Crippen molar-refractivity contribution in [2.24, 2.45) is 0 Å². The van der Waals surface area contributed by atoms with Crippen molar-refractivity contribution in [3.05, 3.63) is 86.5 Å². The van der Waals surface area contributed by atoms with Crippen molar-refractivity contribution in [3.8, 4) is 0 Å². The second-order valence-corrected chi connectivity index (χ2v) is 16.7. The van der Waals surface area contributed by atoms with Crippen molar-refractivity contribution in [2.75, 3.05) is 0 Å². The maximum absolute atomic E-state index is 12.3. The molecule has 2 aromatic rings. The van der Waals surface area contributed by atoms with Gasteiger partial charge in [0.2, 0.25) is 11.4 Å². The van der Waals surface area contributed by atoms with Crippen molar-refractivity contribution in [2.45, 2.75) is 196 Å². The first-order valence-electron chi connectivity index (χ1n) is 20.8. The summed E-state index contributed by atoms with van der Waals surface area (Å²) in [6.07, 6.45) is 30.5. The van der Waals surface area contributed by atoms with E-state index in [9.17, 15) is 5.53 Å². The normalized spacial score (nSPS) is 13.1. The summed E-state index contributed by atoms with van der Waals surface area (Å²) in [5.41, 5.74) is 24.9. The Morgan fingerprint density at radius 3 is 1.22 bits per heavy atom. The Kier molecular flexibility index (Phi) is 25.2. The number of rotatable bonds is 26. The van der Waals surface area contributed by atoms with Gasteiger partial charge in [-0.3, -0.25) is 0 Å². The molecule has 0 atom stereocenters. The fourth-order valence-electron chi connectivity index (χ4n) is 7.74. The van der Waals surface area contributed by atoms with Gasteiger partial charge in [0.1, 0.15) is 0 Å². The summed E-state index contributed by atoms with van der Waals surface area (Å²) < 4.78 is 1.62. The molecule has 1 heterocycles. The number of hydrogen-bond acceptors (Lipinski definition) is 0. The molecule has 0 bridgehead atoms. The molecule has 5 heteroatoms. The van der Waals surface area contributed by atoms with E-state index in [-0.39, 0.29) is 0 Å². The van der Waals surface area contributed by atoms with Crippen LogP contribution in [0.4, 0.5) is 0 Å². The molecule has 0 fully saturated rings. The molecule has 3 rings (SSSR count). The van der Waals surface area contributed by atoms with Crippen molar-refractivity contribution < 1.29 is 17.4 Å². The van der Waals surface area contributed by atoms with Crippen LogP contribution >= 0.6 is 20.4 Å². The van der Waals surface area contributed by atoms with E-state index in [1.54, 1.807) is 4.70 Å². The minimum atomic E-state index is 0.569. The fourth-order valence-corrected chi connectivity index (χ4v) is 7.74. The summed E-state index contributed by atoms with van der Waals surface area (Å²) in [6.45, 7) is 13.5. The molecule has 0 radical (unpaired) electrons. The molecular formula is C46H72Cl2N2Ni. The van der Waals surface area contributed by atoms with Gasteiger partial charge in [-0.05, 0) is 101 Å². The summed E-state index contributed by atoms with van der Waals surface area (Å²) in [7, 11) is 9.40. The van der Waals surface area contributed by atoms with Gasteiger partial charge in [0, 0.05) is 22.3 Å². The number of unbranched alkanes of at least 4 members (excludes halogenated alkanes) is 16. The molecular weight excluding hydrogens is 710 g/mol. The van der Waals surface area contributed by atoms with Crippen molar-refractivity contribution in [1.29, 1.82) is 0 Å². The first-order chi connectivity index (χ1) is 24.8. The maximum atomic E-state index is 12.3. The van der Waals surface area contributed by atoms with E-state index in [1.165, 1.54) is 155 Å². The number of halogens is 2. The quantitative estimate of drug-likeness (QED) is 0.0516. The Morgan fingerprint density at radius 1 is 0.451 bits per heavy atom. The van der Waals surface area contributed by atoms with Crippen LogP contribution in [0.25, 0.3) is 16.9 Å².